The van der Waals surface area contributed by atoms with Crippen molar-refractivity contribution >= 4 is 152 Å². The fraction of sp³-hybridized carbons (Fsp3) is 0.469. The second-order valence-corrected chi connectivity index (χ2v) is 37.2. The fourth-order valence-corrected chi connectivity index (χ4v) is 19.0. The molecule has 4 aliphatic heterocycles. The predicted molar refractivity (Wildman–Crippen MR) is 526 cm³/mol. The molecule has 0 spiro atoms. The van der Waals surface area contributed by atoms with Crippen LogP contribution >= 0.6 is 11.8 Å². The van der Waals surface area contributed by atoms with Gasteiger partial charge >= 0.3 is 23.9 Å². The van der Waals surface area contributed by atoms with E-state index >= 15 is 43.2 Å². The highest BCUT2D eigenvalue weighted by atomic mass is 32.2. The maximum Gasteiger partial charge on any atom is 0.323 e. The summed E-state index contributed by atoms with van der Waals surface area (Å²) < 4.78 is 7.12. The molecule has 0 radical (unpaired) electrons. The van der Waals surface area contributed by atoms with E-state index in [2.05, 4.69) is 71.3 Å². The Morgan fingerprint density at radius 3 is 1.71 bits per heavy atom. The van der Waals surface area contributed by atoms with E-state index in [1.807, 2.05) is 0 Å². The number of aliphatic carboxylic acids is 4. The van der Waals surface area contributed by atoms with E-state index in [0.29, 0.717) is 56.0 Å². The Hall–Kier alpha value is -15.3. The zero-order valence-electron chi connectivity index (χ0n) is 80.7. The number of benzene rings is 4. The van der Waals surface area contributed by atoms with Gasteiger partial charge in [-0.2, -0.15) is 0 Å². The van der Waals surface area contributed by atoms with Gasteiger partial charge in [0.1, 0.15) is 109 Å². The van der Waals surface area contributed by atoms with Crippen LogP contribution in [0.25, 0.3) is 21.8 Å². The molecule has 4 saturated heterocycles. The number of nitrogens with one attached hydrogen (secondary N) is 11. The van der Waals surface area contributed by atoms with Crippen molar-refractivity contribution in [3.05, 3.63) is 157 Å². The number of phenols is 1. The quantitative estimate of drug-likeness (QED) is 0.0156. The Morgan fingerprint density at radius 1 is 0.514 bits per heavy atom. The number of nitrogens with zero attached hydrogens (tertiary/aromatic N) is 6. The number of carboxylic acid groups (broad SMARTS) is 4. The number of allylic oxidation sites excluding steroid dienone is 1. The number of likely N-dealkylation sites (N-methyl/N-ethyl adjacent to an activating group) is 2. The van der Waals surface area contributed by atoms with Gasteiger partial charge in [0.2, 0.25) is 94.5 Å². The van der Waals surface area contributed by atoms with Crippen molar-refractivity contribution in [3.63, 3.8) is 0 Å². The summed E-state index contributed by atoms with van der Waals surface area (Å²) in [6, 6.07) is 0.600. The van der Waals surface area contributed by atoms with Crippen LogP contribution < -0.4 is 75.1 Å². The minimum Gasteiger partial charge on any atom is -0.508 e. The number of aromatic hydroxyl groups is 1. The van der Waals surface area contributed by atoms with Crippen molar-refractivity contribution < 1.29 is 131 Å². The molecule has 146 heavy (non-hydrogen) atoms. The molecule has 16 amide bonds. The van der Waals surface area contributed by atoms with Gasteiger partial charge in [0.15, 0.2) is 0 Å². The van der Waals surface area contributed by atoms with E-state index in [1.165, 1.54) is 79.6 Å². The van der Waals surface area contributed by atoms with Crippen LogP contribution in [0.1, 0.15) is 119 Å². The number of fused-ring (bicyclic) bond motifs is 5. The van der Waals surface area contributed by atoms with Gasteiger partial charge < -0.3 is 140 Å². The zero-order chi connectivity index (χ0) is 106. The molecule has 48 heteroatoms. The highest BCUT2D eigenvalue weighted by molar-refractivity contribution is 8.00. The molecule has 10 rings (SSSR count). The van der Waals surface area contributed by atoms with Crippen molar-refractivity contribution in [2.75, 3.05) is 71.5 Å². The van der Waals surface area contributed by atoms with Gasteiger partial charge in [-0.1, -0.05) is 79.4 Å². The third-order valence-electron chi connectivity index (χ3n) is 25.7. The lowest BCUT2D eigenvalue weighted by molar-refractivity contribution is -0.149. The maximum atomic E-state index is 16.2. The Morgan fingerprint density at radius 2 is 1.05 bits per heavy atom. The number of phenolic OH excluding ortho intramolecular Hbond substituents is 1. The first-order chi connectivity index (χ1) is 69.7. The number of aromatic nitrogens is 2. The number of carbonyl (C=O) groups is 20. The van der Waals surface area contributed by atoms with Gasteiger partial charge in [-0.15, -0.1) is 18.3 Å². The number of nitrogens with two attached hydrogens (primary N) is 3. The molecule has 4 aliphatic rings. The standard InChI is InChI=1S/C98H126N20O27S/c1-5-7-8-21-76-98(144)114(4)77(41-55-25-29-60(30-26-55)145-39-6-2)92(138)106-64(31-33-81(123)124)86(132)112-72(85(131)103-48-79(101)121)52-146-53-80(122)104-68(40-54-23-27-58(119)28-24-54)96(142)116-37-14-13-20-74(116)90(136)110-70(45-83(127)128)97(143)117-38-15-22-75(117)91(137)111-71(46-100)89(135)107-66(32-34-82(125)126)95(141)118-50-59(120)44-78(118)93(139)108-67(42-56-47-102-63-18-11-9-16-61(56)63)88(134)105-65(35-36-99)87(133)109-69(94(140)113(76)3)43-57-49-115(51-84(129)130)73-19-12-10-17-62(57)73/h5-6,9-12,16-19,23-30,47,49,59,64-72,74-78,102,119-120H,1-2,7-8,13-15,20-22,31-46,48,50-53,99-100H2,3-4H3,(H2,101,121)(H,103,131)(H,104,122)(H,105,134)(H,106,138)(H,107,135)(H,108,139)(H,109,133)(H,110,136)(H,111,137)(H,112,132)(H,123,124)(H,125,126)(H,127,128)(H,129,130)/t59-,64+,65+,66+,67+,68+,69+,70+,71+,72+,74+,75+,76+,77+,78+/m1/s1. The summed E-state index contributed by atoms with van der Waals surface area (Å²) >= 11 is 0.670. The normalized spacial score (nSPS) is 24.1. The number of rotatable bonds is 31. The number of para-hydroxylation sites is 2. The summed E-state index contributed by atoms with van der Waals surface area (Å²) in [6.45, 7) is 4.06. The van der Waals surface area contributed by atoms with Gasteiger partial charge in [-0.25, -0.2) is 0 Å². The number of carbonyl (C=O) groups excluding carboxylic acids is 16. The predicted octanol–water partition coefficient (Wildman–Crippen LogP) is -2.68. The molecular formula is C98H126N20O27S. The van der Waals surface area contributed by atoms with Crippen LogP contribution in [0.2, 0.25) is 0 Å². The number of ether oxygens (including phenoxy) is 1. The molecule has 2 aromatic heterocycles. The molecule has 4 fully saturated rings. The van der Waals surface area contributed by atoms with Gasteiger partial charge in [0.05, 0.1) is 24.8 Å². The Labute approximate surface area is 842 Å². The molecule has 0 saturated carbocycles. The number of hydrogen-bond acceptors (Lipinski definition) is 26. The van der Waals surface area contributed by atoms with E-state index in [9.17, 15) is 83.4 Å². The number of carboxylic acids is 4. The molecule has 4 aromatic carbocycles. The van der Waals surface area contributed by atoms with Gasteiger partial charge in [0.25, 0.3) is 0 Å². The smallest absolute Gasteiger partial charge is 0.323 e. The third kappa shape index (κ3) is 31.1. The van der Waals surface area contributed by atoms with Crippen LogP contribution in [0.4, 0.5) is 0 Å². The van der Waals surface area contributed by atoms with Crippen LogP contribution in [0.15, 0.2) is 135 Å². The lowest BCUT2D eigenvalue weighted by atomic mass is 9.97. The molecular weight excluding hydrogens is 1920 g/mol. The van der Waals surface area contributed by atoms with Crippen molar-refractivity contribution in [3.8, 4) is 11.5 Å². The summed E-state index contributed by atoms with van der Waals surface area (Å²) in [7, 11) is 2.44. The number of amides is 16. The largest absolute Gasteiger partial charge is 0.508 e. The number of H-pyrrole nitrogens is 1. The summed E-state index contributed by atoms with van der Waals surface area (Å²) in [4.78, 5) is 298. The minimum absolute atomic E-state index is 0.0700. The summed E-state index contributed by atoms with van der Waals surface area (Å²) in [5.41, 5.74) is 20.2. The Bertz CT molecular complexity index is 5800. The summed E-state index contributed by atoms with van der Waals surface area (Å²) in [5.74, 6) is -24.1. The number of aromatic amines is 1. The average molecular weight is 2050 g/mol. The molecule has 0 unspecified atom stereocenters. The fourth-order valence-electron chi connectivity index (χ4n) is 18.1. The van der Waals surface area contributed by atoms with Crippen molar-refractivity contribution in [1.82, 2.24) is 87.2 Å². The monoisotopic (exact) mass is 2050 g/mol. The van der Waals surface area contributed by atoms with E-state index < -0.39 is 311 Å². The van der Waals surface area contributed by atoms with Gasteiger partial charge in [-0.3, -0.25) is 95.9 Å². The molecule has 47 nitrogen and oxygen atoms in total. The topological polar surface area (TPSA) is 707 Å². The average Bonchev–Trinajstić information content (AvgIpc) is 1.56. The number of aliphatic hydroxyl groups excluding tert-OH is 1. The number of unbranched alkanes of at least 4 members (excludes halogenated alkanes) is 1. The van der Waals surface area contributed by atoms with Crippen molar-refractivity contribution in [1.29, 1.82) is 0 Å². The summed E-state index contributed by atoms with van der Waals surface area (Å²) in [6.07, 6.45) is -1.72. The summed E-state index contributed by atoms with van der Waals surface area (Å²) in [5, 5.41) is 88.9. The molecule has 0 aliphatic carbocycles. The minimum atomic E-state index is -1.95. The zero-order valence-corrected chi connectivity index (χ0v) is 81.5. The van der Waals surface area contributed by atoms with E-state index in [-0.39, 0.29) is 95.3 Å². The maximum absolute atomic E-state index is 16.2. The number of primary amides is 1. The first kappa shape index (κ1) is 113. The van der Waals surface area contributed by atoms with Crippen LogP contribution in [0.3, 0.4) is 0 Å². The first-order valence-corrected chi connectivity index (χ1v) is 48.9. The number of piperidine rings is 1. The Kier molecular flexibility index (Phi) is 41.5. The number of aliphatic hydroxyl groups is 1. The molecule has 15 atom stereocenters. The van der Waals surface area contributed by atoms with Crippen LogP contribution in [0, 0.1) is 0 Å². The SMILES string of the molecule is C=CCCC[C@H]1C(=O)N(C)[C@@H](Cc2ccc(OCC=C)cc2)C(=O)N[C@@H](CCC(=O)O)C(=O)N[C@H](C(=O)NCC(N)=O)CSCC(=O)N[C@@H](Cc2ccc(O)cc2)C(=O)N2CCCC[C@H]2C(=O)N[C@@H](CC(=O)O)C(=O)N2CCC[C@H]2C(=O)N[C@@H](CN)C(=O)N[C@@H](CCC(=O)O)C(=O)N2C[C@H](O)C[C@H]2C(=O)N[C@@H](Cc2c[nH]c3ccccc23)C(=O)N[C@@H](CCN)C(=O)N[C@@H](Cc2cn(CC(=O)O)c3ccccc23)C(=O)N1C. The van der Waals surface area contributed by atoms with Crippen LogP contribution in [-0.2, 0) is 128 Å². The molecule has 6 heterocycles. The van der Waals surface area contributed by atoms with E-state index in [4.69, 9.17) is 21.9 Å². The molecule has 6 aromatic rings. The highest BCUT2D eigenvalue weighted by Crippen LogP contribution is 2.30. The third-order valence-corrected chi connectivity index (χ3v) is 26.7. The lowest BCUT2D eigenvalue weighted by Crippen LogP contribution is -2.62. The van der Waals surface area contributed by atoms with Crippen LogP contribution in [0.5, 0.6) is 11.5 Å². The highest BCUT2D eigenvalue weighted by Gasteiger charge is 2.48. The van der Waals surface area contributed by atoms with E-state index in [1.54, 1.807) is 60.7 Å². The molecule has 23 N–H and O–H groups in total. The lowest BCUT2D eigenvalue weighted by Gasteiger charge is -2.38. The molecule has 786 valence electrons. The second kappa shape index (κ2) is 53.8. The molecule has 0 bridgehead atoms. The second-order valence-electron chi connectivity index (χ2n) is 36.1. The van der Waals surface area contributed by atoms with Gasteiger partial charge in [-0.05, 0) is 136 Å². The Balaban J connectivity index is 1.07. The first-order valence-electron chi connectivity index (χ1n) is 47.8. The van der Waals surface area contributed by atoms with Crippen molar-refractivity contribution in [2.24, 2.45) is 17.2 Å². The van der Waals surface area contributed by atoms with Gasteiger partial charge in [0, 0.05) is 125 Å². The van der Waals surface area contributed by atoms with Crippen molar-refractivity contribution in [2.45, 2.75) is 219 Å². The number of hydrogen-bond donors (Lipinski definition) is 20. The number of thioether (sulfide) groups is 1. The van der Waals surface area contributed by atoms with Crippen LogP contribution in [-0.4, -0.2) is 345 Å². The van der Waals surface area contributed by atoms with E-state index in [0.717, 1.165) is 24.5 Å².